The van der Waals surface area contributed by atoms with Gasteiger partial charge in [-0.3, -0.25) is 0 Å². The number of rotatable bonds is 8. The molecular weight excluding hydrogens is 425 g/mol. The van der Waals surface area contributed by atoms with Crippen LogP contribution < -0.4 is 0 Å². The van der Waals surface area contributed by atoms with Crippen molar-refractivity contribution in [1.29, 1.82) is 0 Å². The molecule has 20 heavy (non-hydrogen) atoms. The third-order valence-electron chi connectivity index (χ3n) is 4.37. The topological polar surface area (TPSA) is 36.9 Å². The maximum atomic E-state index is 5.85. The van der Waals surface area contributed by atoms with E-state index in [9.17, 15) is 0 Å². The third-order valence-corrected chi connectivity index (χ3v) is 4.37. The van der Waals surface area contributed by atoms with Crippen molar-refractivity contribution >= 4 is 0 Å². The van der Waals surface area contributed by atoms with E-state index in [0.717, 1.165) is 12.8 Å². The first-order chi connectivity index (χ1) is 8.70. The summed E-state index contributed by atoms with van der Waals surface area (Å²) in [5.41, 5.74) is -0.836. The number of hydrogen-bond donors (Lipinski definition) is 0. The van der Waals surface area contributed by atoms with Gasteiger partial charge in [-0.1, -0.05) is 34.1 Å². The fourth-order valence-corrected chi connectivity index (χ4v) is 2.74. The quantitative estimate of drug-likeness (QED) is 0.525. The van der Waals surface area contributed by atoms with Crippen LogP contribution in [0.4, 0.5) is 0 Å². The van der Waals surface area contributed by atoms with Gasteiger partial charge in [0.2, 0.25) is 5.79 Å². The van der Waals surface area contributed by atoms with E-state index in [1.807, 2.05) is 6.92 Å². The van der Waals surface area contributed by atoms with E-state index >= 15 is 0 Å². The summed E-state index contributed by atoms with van der Waals surface area (Å²) >= 11 is 0. The molecule has 0 aliphatic carbocycles. The fraction of sp³-hybridized carbons (Fsp3) is 1.00. The van der Waals surface area contributed by atoms with Crippen LogP contribution in [-0.4, -0.2) is 45.9 Å². The van der Waals surface area contributed by atoms with E-state index in [1.165, 1.54) is 0 Å². The average molecular weight is 457 g/mol. The van der Waals surface area contributed by atoms with E-state index in [-0.39, 0.29) is 33.9 Å². The van der Waals surface area contributed by atoms with Crippen LogP contribution in [0, 0.1) is 5.41 Å². The molecule has 1 radical (unpaired) electrons. The Morgan fingerprint density at radius 1 is 0.850 bits per heavy atom. The van der Waals surface area contributed by atoms with Crippen molar-refractivity contribution in [2.24, 2.45) is 5.41 Å². The Hall–Kier alpha value is 0.580. The molecule has 0 aliphatic rings. The van der Waals surface area contributed by atoms with Crippen LogP contribution >= 0.6 is 0 Å². The van der Waals surface area contributed by atoms with E-state index in [2.05, 4.69) is 27.7 Å². The molecule has 4 nitrogen and oxygen atoms in total. The standard InChI is InChI=1S/C15H32O4.Ta/c1-10-11-12(16-6)15(18-8,19-9)14(5,17-7)13(2,3)4;/h12H,10-11H2,1-9H3;. The van der Waals surface area contributed by atoms with Crippen molar-refractivity contribution in [2.45, 2.75) is 65.0 Å². The van der Waals surface area contributed by atoms with Gasteiger partial charge < -0.3 is 18.9 Å². The molecule has 2 unspecified atom stereocenters. The van der Waals surface area contributed by atoms with Gasteiger partial charge in [0.05, 0.1) is 0 Å². The molecule has 5 heteroatoms. The van der Waals surface area contributed by atoms with Crippen LogP contribution in [-0.2, 0) is 41.3 Å². The zero-order valence-electron chi connectivity index (χ0n) is 14.6. The van der Waals surface area contributed by atoms with E-state index < -0.39 is 11.4 Å². The summed E-state index contributed by atoms with van der Waals surface area (Å²) in [5, 5.41) is 0. The van der Waals surface area contributed by atoms with Crippen LogP contribution in [0.2, 0.25) is 0 Å². The van der Waals surface area contributed by atoms with Crippen LogP contribution in [0.15, 0.2) is 0 Å². The molecule has 0 rings (SSSR count). The van der Waals surface area contributed by atoms with Gasteiger partial charge in [-0.15, -0.1) is 0 Å². The molecule has 121 valence electrons. The normalized spacial score (nSPS) is 17.2. The molecule has 0 aliphatic heterocycles. The van der Waals surface area contributed by atoms with Crippen molar-refractivity contribution in [1.82, 2.24) is 0 Å². The first-order valence-corrected chi connectivity index (χ1v) is 6.89. The summed E-state index contributed by atoms with van der Waals surface area (Å²) in [6.07, 6.45) is 1.63. The van der Waals surface area contributed by atoms with Crippen molar-refractivity contribution in [3.8, 4) is 0 Å². The first-order valence-electron chi connectivity index (χ1n) is 6.89. The molecule has 0 fully saturated rings. The molecule has 0 aromatic heterocycles. The smallest absolute Gasteiger partial charge is 0.224 e. The summed E-state index contributed by atoms with van der Waals surface area (Å²) in [6, 6.07) is 0. The molecule has 0 aromatic carbocycles. The maximum Gasteiger partial charge on any atom is 0.224 e. The van der Waals surface area contributed by atoms with Crippen LogP contribution in [0.5, 0.6) is 0 Å². The average Bonchev–Trinajstić information content (AvgIpc) is 2.37. The van der Waals surface area contributed by atoms with Gasteiger partial charge in [-0.05, 0) is 18.8 Å². The molecule has 0 aromatic rings. The Morgan fingerprint density at radius 2 is 1.30 bits per heavy atom. The van der Waals surface area contributed by atoms with Gasteiger partial charge in [0.1, 0.15) is 11.7 Å². The summed E-state index contributed by atoms with van der Waals surface area (Å²) in [5.74, 6) is -0.954. The van der Waals surface area contributed by atoms with Crippen molar-refractivity contribution in [3.05, 3.63) is 0 Å². The Labute approximate surface area is 140 Å². The van der Waals surface area contributed by atoms with E-state index in [0.29, 0.717) is 0 Å². The molecule has 0 saturated heterocycles. The molecule has 0 bridgehead atoms. The van der Waals surface area contributed by atoms with Gasteiger partial charge >= 0.3 is 0 Å². The van der Waals surface area contributed by atoms with Crippen LogP contribution in [0.3, 0.4) is 0 Å². The van der Waals surface area contributed by atoms with Crippen molar-refractivity contribution in [2.75, 3.05) is 28.4 Å². The fourth-order valence-electron chi connectivity index (χ4n) is 2.74. The van der Waals surface area contributed by atoms with E-state index in [1.54, 1.807) is 28.4 Å². The SMILES string of the molecule is CCCC(OC)C(OC)(OC)C(C)(OC)C(C)(C)C.[Ta]. The van der Waals surface area contributed by atoms with Gasteiger partial charge in [0, 0.05) is 50.8 Å². The summed E-state index contributed by atoms with van der Waals surface area (Å²) in [6.45, 7) is 10.5. The van der Waals surface area contributed by atoms with Gasteiger partial charge in [-0.25, -0.2) is 0 Å². The predicted octanol–water partition coefficient (Wildman–Crippen LogP) is 3.24. The van der Waals surface area contributed by atoms with Gasteiger partial charge in [0.15, 0.2) is 0 Å². The zero-order chi connectivity index (χ0) is 15.3. The Bertz CT molecular complexity index is 261. The number of ether oxygens (including phenoxy) is 4. The minimum atomic E-state index is -0.954. The molecule has 0 saturated carbocycles. The summed E-state index contributed by atoms with van der Waals surface area (Å²) in [7, 11) is 6.67. The molecule has 0 spiro atoms. The Kier molecular flexibility index (Phi) is 10.2. The molecule has 0 amide bonds. The van der Waals surface area contributed by atoms with Crippen LogP contribution in [0.1, 0.15) is 47.5 Å². The second kappa shape index (κ2) is 8.89. The minimum Gasteiger partial charge on any atom is -0.376 e. The Balaban J connectivity index is 0. The van der Waals surface area contributed by atoms with Gasteiger partial charge in [-0.2, -0.15) is 0 Å². The monoisotopic (exact) mass is 457 g/mol. The molecule has 0 heterocycles. The maximum absolute atomic E-state index is 5.85. The minimum absolute atomic E-state index is 0. The summed E-state index contributed by atoms with van der Waals surface area (Å²) < 4.78 is 23.1. The first kappa shape index (κ1) is 22.9. The Morgan fingerprint density at radius 3 is 1.50 bits per heavy atom. The van der Waals surface area contributed by atoms with Gasteiger partial charge in [0.25, 0.3) is 0 Å². The van der Waals surface area contributed by atoms with E-state index in [4.69, 9.17) is 18.9 Å². The number of hydrogen-bond acceptors (Lipinski definition) is 4. The van der Waals surface area contributed by atoms with Crippen molar-refractivity contribution in [3.63, 3.8) is 0 Å². The molecule has 2 atom stereocenters. The summed E-state index contributed by atoms with van der Waals surface area (Å²) in [4.78, 5) is 0. The predicted molar refractivity (Wildman–Crippen MR) is 77.3 cm³/mol. The van der Waals surface area contributed by atoms with Crippen molar-refractivity contribution < 1.29 is 41.3 Å². The third kappa shape index (κ3) is 3.86. The second-order valence-electron chi connectivity index (χ2n) is 6.08. The largest absolute Gasteiger partial charge is 0.376 e. The molecular formula is C15H32O4Ta. The molecule has 0 N–H and O–H groups in total. The van der Waals surface area contributed by atoms with Crippen LogP contribution in [0.25, 0.3) is 0 Å². The zero-order valence-corrected chi connectivity index (χ0v) is 17.8. The number of methoxy groups -OCH3 is 4. The second-order valence-corrected chi connectivity index (χ2v) is 6.08.